The largest absolute Gasteiger partial charge is 0.508 e. The van der Waals surface area contributed by atoms with Gasteiger partial charge in [-0.25, -0.2) is 0 Å². The van der Waals surface area contributed by atoms with E-state index in [-0.39, 0.29) is 6.61 Å². The van der Waals surface area contributed by atoms with Crippen LogP contribution in [0, 0.1) is 12.3 Å². The van der Waals surface area contributed by atoms with Gasteiger partial charge in [0.1, 0.15) is 5.75 Å². The van der Waals surface area contributed by atoms with Crippen molar-refractivity contribution >= 4 is 29.2 Å². The molecular weight excluding hydrogens is 266 g/mol. The molecule has 0 amide bonds. The number of rotatable bonds is 3. The first-order chi connectivity index (χ1) is 8.79. The van der Waals surface area contributed by atoms with Gasteiger partial charge in [-0.3, -0.25) is 0 Å². The number of aromatic hydroxyl groups is 1. The smallest absolute Gasteiger partial charge is 0.177 e. The monoisotopic (exact) mass is 279 g/mol. The summed E-state index contributed by atoms with van der Waals surface area (Å²) in [7, 11) is 0. The number of nitrogens with zero attached hydrogens (tertiary/aromatic N) is 1. The van der Waals surface area contributed by atoms with E-state index in [1.54, 1.807) is 12.1 Å². The summed E-state index contributed by atoms with van der Waals surface area (Å²) in [5, 5.41) is 13.3. The summed E-state index contributed by atoms with van der Waals surface area (Å²) in [6, 6.07) is 7.35. The Labute approximate surface area is 115 Å². The van der Waals surface area contributed by atoms with Crippen LogP contribution in [0.15, 0.2) is 29.4 Å². The molecule has 0 saturated carbocycles. The van der Waals surface area contributed by atoms with Crippen molar-refractivity contribution in [1.29, 1.82) is 0 Å². The van der Waals surface area contributed by atoms with E-state index in [0.717, 1.165) is 17.2 Å². The maximum atomic E-state index is 9.25. The van der Waals surface area contributed by atoms with Crippen molar-refractivity contribution in [3.8, 4) is 18.1 Å². The molecule has 2 rings (SSSR count). The molecule has 1 N–H and O–H groups in total. The highest BCUT2D eigenvalue weighted by Gasteiger charge is 2.20. The minimum Gasteiger partial charge on any atom is -0.508 e. The van der Waals surface area contributed by atoms with Gasteiger partial charge in [-0.05, 0) is 17.7 Å². The summed E-state index contributed by atoms with van der Waals surface area (Å²) in [6.07, 6.45) is 5.08. The molecule has 0 bridgehead atoms. The third-order valence-corrected chi connectivity index (χ3v) is 5.28. The molecule has 0 atom stereocenters. The molecule has 1 heterocycles. The van der Waals surface area contributed by atoms with Gasteiger partial charge in [0.15, 0.2) is 6.61 Å². The summed E-state index contributed by atoms with van der Waals surface area (Å²) in [5.74, 6) is 4.38. The van der Waals surface area contributed by atoms with Crippen molar-refractivity contribution in [3.63, 3.8) is 0 Å². The van der Waals surface area contributed by atoms with E-state index in [0.29, 0.717) is 10.3 Å². The zero-order valence-corrected chi connectivity index (χ0v) is 11.3. The fourth-order valence-corrected chi connectivity index (χ4v) is 4.09. The van der Waals surface area contributed by atoms with Crippen molar-refractivity contribution in [2.45, 2.75) is 4.58 Å². The second-order valence-electron chi connectivity index (χ2n) is 3.68. The topological polar surface area (TPSA) is 41.8 Å². The fraction of sp³-hybridized carbons (Fsp3) is 0.308. The molecular formula is C13H13NO2S2. The molecule has 94 valence electrons. The van der Waals surface area contributed by atoms with Crippen LogP contribution in [0.2, 0.25) is 0 Å². The lowest BCUT2D eigenvalue weighted by Crippen LogP contribution is -2.14. The summed E-state index contributed by atoms with van der Waals surface area (Å²) < 4.78 is 0.386. The first-order valence-electron chi connectivity index (χ1n) is 5.43. The van der Waals surface area contributed by atoms with Crippen LogP contribution in [-0.2, 0) is 4.84 Å². The van der Waals surface area contributed by atoms with E-state index in [2.05, 4.69) is 11.1 Å². The molecule has 1 fully saturated rings. The Balaban J connectivity index is 1.88. The van der Waals surface area contributed by atoms with E-state index < -0.39 is 0 Å². The molecule has 3 nitrogen and oxygen atoms in total. The van der Waals surface area contributed by atoms with Crippen LogP contribution in [0.4, 0.5) is 0 Å². The first kappa shape index (κ1) is 13.2. The Bertz CT molecular complexity index is 455. The lowest BCUT2D eigenvalue weighted by Gasteiger charge is -2.22. The molecule has 0 unspecified atom stereocenters. The number of phenols is 1. The Kier molecular flexibility index (Phi) is 4.85. The minimum absolute atomic E-state index is 0.222. The number of hydrogen-bond donors (Lipinski definition) is 1. The molecule has 0 spiro atoms. The first-order valence-corrected chi connectivity index (χ1v) is 7.52. The summed E-state index contributed by atoms with van der Waals surface area (Å²) in [6.45, 7) is 0.222. The average Bonchev–Trinajstić information content (AvgIpc) is 2.41. The van der Waals surface area contributed by atoms with Gasteiger partial charge in [-0.15, -0.1) is 29.9 Å². The third kappa shape index (κ3) is 3.62. The van der Waals surface area contributed by atoms with E-state index in [4.69, 9.17) is 11.3 Å². The Hall–Kier alpha value is -1.25. The molecule has 0 aromatic heterocycles. The third-order valence-electron chi connectivity index (χ3n) is 2.31. The Morgan fingerprint density at radius 3 is 2.61 bits per heavy atom. The molecule has 5 heteroatoms. The number of oxime groups is 1. The molecule has 1 aliphatic heterocycles. The minimum atomic E-state index is 0.222. The Morgan fingerprint density at radius 2 is 2.00 bits per heavy atom. The van der Waals surface area contributed by atoms with Gasteiger partial charge in [0.25, 0.3) is 0 Å². The van der Waals surface area contributed by atoms with Gasteiger partial charge in [0.2, 0.25) is 0 Å². The van der Waals surface area contributed by atoms with Gasteiger partial charge >= 0.3 is 0 Å². The number of hydrogen-bond acceptors (Lipinski definition) is 5. The zero-order chi connectivity index (χ0) is 12.8. The second kappa shape index (κ2) is 6.62. The van der Waals surface area contributed by atoms with E-state index in [9.17, 15) is 5.11 Å². The molecule has 1 aromatic rings. The van der Waals surface area contributed by atoms with Crippen LogP contribution >= 0.6 is 23.5 Å². The maximum Gasteiger partial charge on any atom is 0.177 e. The van der Waals surface area contributed by atoms with Gasteiger partial charge < -0.3 is 9.94 Å². The highest BCUT2D eigenvalue weighted by molar-refractivity contribution is 8.18. The summed E-state index contributed by atoms with van der Waals surface area (Å²) in [4.78, 5) is 4.97. The van der Waals surface area contributed by atoms with Crippen LogP contribution in [0.3, 0.4) is 0 Å². The van der Waals surface area contributed by atoms with Crippen LogP contribution < -0.4 is 0 Å². The van der Waals surface area contributed by atoms with E-state index in [1.165, 1.54) is 5.56 Å². The predicted octanol–water partition coefficient (Wildman–Crippen LogP) is 2.88. The SMILES string of the molecule is C#CCON=C1CSC(c2ccc(O)cc2)SC1. The van der Waals surface area contributed by atoms with E-state index >= 15 is 0 Å². The van der Waals surface area contributed by atoms with Crippen LogP contribution in [0.25, 0.3) is 0 Å². The molecule has 18 heavy (non-hydrogen) atoms. The van der Waals surface area contributed by atoms with Crippen molar-refractivity contribution in [2.75, 3.05) is 18.1 Å². The molecule has 0 aliphatic carbocycles. The van der Waals surface area contributed by atoms with Gasteiger partial charge in [0, 0.05) is 11.5 Å². The van der Waals surface area contributed by atoms with Crippen molar-refractivity contribution < 1.29 is 9.94 Å². The maximum absolute atomic E-state index is 9.25. The van der Waals surface area contributed by atoms with Crippen LogP contribution in [0.5, 0.6) is 5.75 Å². The Morgan fingerprint density at radius 1 is 1.33 bits per heavy atom. The molecule has 1 aromatic carbocycles. The standard InChI is InChI=1S/C13H13NO2S2/c1-2-7-16-14-11-8-17-13(18-9-11)10-3-5-12(15)6-4-10/h1,3-6,13,15H,7-9H2. The number of benzene rings is 1. The average molecular weight is 279 g/mol. The number of terminal acetylenes is 1. The lowest BCUT2D eigenvalue weighted by atomic mass is 10.2. The van der Waals surface area contributed by atoms with Crippen LogP contribution in [-0.4, -0.2) is 28.9 Å². The number of phenolic OH excluding ortho intramolecular Hbond substituents is 1. The van der Waals surface area contributed by atoms with Gasteiger partial charge in [-0.1, -0.05) is 23.2 Å². The van der Waals surface area contributed by atoms with Gasteiger partial charge in [0.05, 0.1) is 10.3 Å². The molecule has 0 radical (unpaired) electrons. The van der Waals surface area contributed by atoms with Crippen molar-refractivity contribution in [3.05, 3.63) is 29.8 Å². The number of thioether (sulfide) groups is 2. The molecule has 1 aliphatic rings. The van der Waals surface area contributed by atoms with Crippen molar-refractivity contribution in [2.24, 2.45) is 5.16 Å². The van der Waals surface area contributed by atoms with Crippen LogP contribution in [0.1, 0.15) is 10.1 Å². The molecule has 1 saturated heterocycles. The van der Waals surface area contributed by atoms with Gasteiger partial charge in [-0.2, -0.15) is 0 Å². The summed E-state index contributed by atoms with van der Waals surface area (Å²) in [5.41, 5.74) is 2.24. The lowest BCUT2D eigenvalue weighted by molar-refractivity contribution is 0.179. The fourth-order valence-electron chi connectivity index (χ4n) is 1.47. The summed E-state index contributed by atoms with van der Waals surface area (Å²) >= 11 is 3.61. The van der Waals surface area contributed by atoms with Crippen molar-refractivity contribution in [1.82, 2.24) is 0 Å². The predicted molar refractivity (Wildman–Crippen MR) is 78.0 cm³/mol. The highest BCUT2D eigenvalue weighted by atomic mass is 32.2. The van der Waals surface area contributed by atoms with E-state index in [1.807, 2.05) is 35.7 Å². The second-order valence-corrected chi connectivity index (χ2v) is 6.17. The zero-order valence-electron chi connectivity index (χ0n) is 9.70. The highest BCUT2D eigenvalue weighted by Crippen LogP contribution is 2.43. The normalized spacial score (nSPS) is 19.1. The quantitative estimate of drug-likeness (QED) is 0.525.